The number of hydrogen-bond donors (Lipinski definition) is 0. The van der Waals surface area contributed by atoms with Crippen molar-refractivity contribution in [3.63, 3.8) is 0 Å². The van der Waals surface area contributed by atoms with Gasteiger partial charge in [0.15, 0.2) is 0 Å². The summed E-state index contributed by atoms with van der Waals surface area (Å²) in [5, 5.41) is 0. The van der Waals surface area contributed by atoms with Gasteiger partial charge in [0.1, 0.15) is 0 Å². The van der Waals surface area contributed by atoms with Crippen LogP contribution >= 0.6 is 0 Å². The van der Waals surface area contributed by atoms with Crippen LogP contribution in [0.2, 0.25) is 0 Å². The van der Waals surface area contributed by atoms with Gasteiger partial charge in [0, 0.05) is 39.3 Å². The van der Waals surface area contributed by atoms with Gasteiger partial charge < -0.3 is 4.90 Å². The number of sulfonamides is 1. The summed E-state index contributed by atoms with van der Waals surface area (Å²) in [6, 6.07) is 8.35. The average molecular weight is 394 g/mol. The van der Waals surface area contributed by atoms with E-state index in [0.717, 1.165) is 13.1 Å². The Morgan fingerprint density at radius 3 is 2.11 bits per heavy atom. The molecule has 0 spiro atoms. The van der Waals surface area contributed by atoms with Gasteiger partial charge in [0.05, 0.1) is 10.9 Å². The maximum Gasteiger partial charge on any atom is 0.243 e. The van der Waals surface area contributed by atoms with Crippen molar-refractivity contribution in [2.45, 2.75) is 38.1 Å². The highest BCUT2D eigenvalue weighted by Gasteiger charge is 2.34. The SMILES string of the molecule is CC1CC(C)CN(C(=O)C(C)N2CCN(S(=O)(=O)c3ccccc3)CC2)C1. The number of carbonyl (C=O) groups is 1. The van der Waals surface area contributed by atoms with Gasteiger partial charge >= 0.3 is 0 Å². The summed E-state index contributed by atoms with van der Waals surface area (Å²) < 4.78 is 27.0. The van der Waals surface area contributed by atoms with Crippen LogP contribution in [0.15, 0.2) is 35.2 Å². The van der Waals surface area contributed by atoms with Crippen LogP contribution in [0.3, 0.4) is 0 Å². The molecule has 3 unspecified atom stereocenters. The lowest BCUT2D eigenvalue weighted by Gasteiger charge is -2.41. The Labute approximate surface area is 163 Å². The summed E-state index contributed by atoms with van der Waals surface area (Å²) in [6.07, 6.45) is 1.17. The Morgan fingerprint density at radius 1 is 1.00 bits per heavy atom. The van der Waals surface area contributed by atoms with Gasteiger partial charge in [0.2, 0.25) is 15.9 Å². The second-order valence-corrected chi connectivity index (χ2v) is 10.1. The Kier molecular flexibility index (Phi) is 6.23. The third-order valence-corrected chi connectivity index (χ3v) is 7.65. The molecule has 3 rings (SSSR count). The lowest BCUT2D eigenvalue weighted by atomic mass is 9.91. The molecule has 0 aliphatic carbocycles. The molecule has 0 N–H and O–H groups in total. The number of hydrogen-bond acceptors (Lipinski definition) is 4. The molecule has 2 aliphatic rings. The zero-order valence-corrected chi connectivity index (χ0v) is 17.4. The third kappa shape index (κ3) is 4.52. The number of piperazine rings is 1. The van der Waals surface area contributed by atoms with Gasteiger partial charge in [-0.25, -0.2) is 8.42 Å². The highest BCUT2D eigenvalue weighted by atomic mass is 32.2. The van der Waals surface area contributed by atoms with Crippen LogP contribution in [0.5, 0.6) is 0 Å². The van der Waals surface area contributed by atoms with E-state index in [1.54, 1.807) is 24.3 Å². The van der Waals surface area contributed by atoms with Crippen LogP contribution in [0.1, 0.15) is 27.2 Å². The predicted molar refractivity (Wildman–Crippen MR) is 106 cm³/mol. The summed E-state index contributed by atoms with van der Waals surface area (Å²) in [4.78, 5) is 17.4. The van der Waals surface area contributed by atoms with E-state index in [0.29, 0.717) is 42.9 Å². The molecule has 7 heteroatoms. The van der Waals surface area contributed by atoms with Crippen molar-refractivity contribution in [2.24, 2.45) is 11.8 Å². The molecule has 0 radical (unpaired) electrons. The lowest BCUT2D eigenvalue weighted by Crippen LogP contribution is -2.56. The zero-order chi connectivity index (χ0) is 19.6. The van der Waals surface area contributed by atoms with E-state index in [9.17, 15) is 13.2 Å². The van der Waals surface area contributed by atoms with Gasteiger partial charge in [-0.1, -0.05) is 32.0 Å². The second-order valence-electron chi connectivity index (χ2n) is 8.12. The van der Waals surface area contributed by atoms with Crippen molar-refractivity contribution in [3.05, 3.63) is 30.3 Å². The summed E-state index contributed by atoms with van der Waals surface area (Å²) >= 11 is 0. The average Bonchev–Trinajstić information content (AvgIpc) is 2.67. The molecule has 2 heterocycles. The van der Waals surface area contributed by atoms with Crippen LogP contribution in [0.4, 0.5) is 0 Å². The van der Waals surface area contributed by atoms with E-state index in [4.69, 9.17) is 0 Å². The van der Waals surface area contributed by atoms with Crippen molar-refractivity contribution in [2.75, 3.05) is 39.3 Å². The number of likely N-dealkylation sites (tertiary alicyclic amines) is 1. The van der Waals surface area contributed by atoms with Crippen molar-refractivity contribution >= 4 is 15.9 Å². The van der Waals surface area contributed by atoms with Crippen LogP contribution in [-0.4, -0.2) is 73.7 Å². The molecule has 2 fully saturated rings. The first-order chi connectivity index (χ1) is 12.8. The summed E-state index contributed by atoms with van der Waals surface area (Å²) in [7, 11) is -3.46. The van der Waals surface area contributed by atoms with Gasteiger partial charge in [-0.05, 0) is 37.3 Å². The minimum absolute atomic E-state index is 0.174. The topological polar surface area (TPSA) is 60.9 Å². The molecule has 1 aromatic rings. The highest BCUT2D eigenvalue weighted by molar-refractivity contribution is 7.89. The fourth-order valence-corrected chi connectivity index (χ4v) is 5.78. The van der Waals surface area contributed by atoms with E-state index in [1.165, 1.54) is 10.7 Å². The van der Waals surface area contributed by atoms with E-state index < -0.39 is 10.0 Å². The van der Waals surface area contributed by atoms with Crippen molar-refractivity contribution < 1.29 is 13.2 Å². The fourth-order valence-electron chi connectivity index (χ4n) is 4.34. The molecule has 0 aromatic heterocycles. The Morgan fingerprint density at radius 2 is 1.56 bits per heavy atom. The molecule has 3 atom stereocenters. The molecular weight excluding hydrogens is 362 g/mol. The third-order valence-electron chi connectivity index (χ3n) is 5.74. The molecule has 27 heavy (non-hydrogen) atoms. The van der Waals surface area contributed by atoms with E-state index >= 15 is 0 Å². The van der Waals surface area contributed by atoms with E-state index in [-0.39, 0.29) is 11.9 Å². The zero-order valence-electron chi connectivity index (χ0n) is 16.5. The molecule has 6 nitrogen and oxygen atoms in total. The van der Waals surface area contributed by atoms with Gasteiger partial charge in [0.25, 0.3) is 0 Å². The maximum absolute atomic E-state index is 12.9. The normalized spacial score (nSPS) is 26.7. The van der Waals surface area contributed by atoms with Crippen molar-refractivity contribution in [1.29, 1.82) is 0 Å². The number of rotatable bonds is 4. The van der Waals surface area contributed by atoms with Crippen LogP contribution in [0.25, 0.3) is 0 Å². The molecule has 150 valence electrons. The van der Waals surface area contributed by atoms with Gasteiger partial charge in [-0.2, -0.15) is 4.31 Å². The minimum atomic E-state index is -3.46. The Balaban J connectivity index is 1.59. The highest BCUT2D eigenvalue weighted by Crippen LogP contribution is 2.23. The molecule has 1 aromatic carbocycles. The van der Waals surface area contributed by atoms with Crippen LogP contribution in [0, 0.1) is 11.8 Å². The standard InChI is InChI=1S/C20H31N3O3S/c1-16-13-17(2)15-22(14-16)20(24)18(3)21-9-11-23(12-10-21)27(25,26)19-7-5-4-6-8-19/h4-8,16-18H,9-15H2,1-3H3. The molecule has 2 aliphatic heterocycles. The fraction of sp³-hybridized carbons (Fsp3) is 0.650. The number of piperidine rings is 1. The molecule has 1 amide bonds. The number of benzene rings is 1. The first-order valence-corrected chi connectivity index (χ1v) is 11.3. The summed E-state index contributed by atoms with van der Waals surface area (Å²) in [5.74, 6) is 1.25. The molecule has 0 bridgehead atoms. The summed E-state index contributed by atoms with van der Waals surface area (Å²) in [6.45, 7) is 10.0. The monoisotopic (exact) mass is 393 g/mol. The summed E-state index contributed by atoms with van der Waals surface area (Å²) in [5.41, 5.74) is 0. The minimum Gasteiger partial charge on any atom is -0.341 e. The van der Waals surface area contributed by atoms with Crippen LogP contribution < -0.4 is 0 Å². The molecule has 0 saturated carbocycles. The number of amides is 1. The first-order valence-electron chi connectivity index (χ1n) is 9.87. The lowest BCUT2D eigenvalue weighted by molar-refractivity contribution is -0.139. The second kappa shape index (κ2) is 8.29. The Hall–Kier alpha value is -1.44. The van der Waals surface area contributed by atoms with Crippen LogP contribution in [-0.2, 0) is 14.8 Å². The predicted octanol–water partition coefficient (Wildman–Crippen LogP) is 1.89. The Bertz CT molecular complexity index is 735. The number of carbonyl (C=O) groups excluding carboxylic acids is 1. The quantitative estimate of drug-likeness (QED) is 0.784. The van der Waals surface area contributed by atoms with Crippen molar-refractivity contribution in [3.8, 4) is 0 Å². The molecule has 2 saturated heterocycles. The largest absolute Gasteiger partial charge is 0.341 e. The van der Waals surface area contributed by atoms with Gasteiger partial charge in [-0.3, -0.25) is 9.69 Å². The smallest absolute Gasteiger partial charge is 0.243 e. The maximum atomic E-state index is 12.9. The van der Waals surface area contributed by atoms with Gasteiger partial charge in [-0.15, -0.1) is 0 Å². The molecular formula is C20H31N3O3S. The van der Waals surface area contributed by atoms with Crippen molar-refractivity contribution in [1.82, 2.24) is 14.1 Å². The number of nitrogens with zero attached hydrogens (tertiary/aromatic N) is 3. The van der Waals surface area contributed by atoms with E-state index in [1.807, 2.05) is 17.9 Å². The van der Waals surface area contributed by atoms with E-state index in [2.05, 4.69) is 18.7 Å². The first kappa shape index (κ1) is 20.3.